The first-order valence-corrected chi connectivity index (χ1v) is 9.62. The van der Waals surface area contributed by atoms with Gasteiger partial charge in [0.25, 0.3) is 0 Å². The van der Waals surface area contributed by atoms with Gasteiger partial charge in [0, 0.05) is 27.0 Å². The van der Waals surface area contributed by atoms with Gasteiger partial charge in [0.2, 0.25) is 5.91 Å². The van der Waals surface area contributed by atoms with E-state index in [1.807, 2.05) is 0 Å². The quantitative estimate of drug-likeness (QED) is 0.762. The molecule has 2 N–H and O–H groups in total. The van der Waals surface area contributed by atoms with Crippen molar-refractivity contribution in [2.45, 2.75) is 57.4 Å². The summed E-state index contributed by atoms with van der Waals surface area (Å²) in [7, 11) is 0. The second-order valence-electron chi connectivity index (χ2n) is 7.00. The third-order valence-corrected chi connectivity index (χ3v) is 5.95. The summed E-state index contributed by atoms with van der Waals surface area (Å²) in [5.41, 5.74) is 3.80. The molecule has 1 aromatic carbocycles. The standard InChI is InChI=1S/C19H23BrN2O/c20-13-9-10-16-15(11-13)14-7-4-8-17(18(14)21-16)22-19(23)12-5-2-1-3-6-12/h9-12,17,21H,1-8H2,(H,22,23). The number of aryl methyl sites for hydroxylation is 1. The normalized spacial score (nSPS) is 22.0. The Morgan fingerprint density at radius 2 is 1.96 bits per heavy atom. The Balaban J connectivity index is 1.60. The molecule has 1 heterocycles. The number of hydrogen-bond donors (Lipinski definition) is 2. The number of fused-ring (bicyclic) bond motifs is 3. The molecule has 1 atom stereocenters. The third-order valence-electron chi connectivity index (χ3n) is 5.46. The van der Waals surface area contributed by atoms with Crippen LogP contribution in [0.2, 0.25) is 0 Å². The summed E-state index contributed by atoms with van der Waals surface area (Å²) in [6.07, 6.45) is 9.09. The molecular formula is C19H23BrN2O. The zero-order valence-electron chi connectivity index (χ0n) is 13.3. The Kier molecular flexibility index (Phi) is 4.18. The van der Waals surface area contributed by atoms with Crippen molar-refractivity contribution in [3.63, 3.8) is 0 Å². The van der Waals surface area contributed by atoms with Crippen molar-refractivity contribution in [2.24, 2.45) is 5.92 Å². The number of carbonyl (C=O) groups excluding carboxylic acids is 1. The number of aromatic nitrogens is 1. The molecule has 0 saturated heterocycles. The number of benzene rings is 1. The van der Waals surface area contributed by atoms with E-state index < -0.39 is 0 Å². The number of halogens is 1. The average Bonchev–Trinajstić information content (AvgIpc) is 2.95. The number of hydrogen-bond acceptors (Lipinski definition) is 1. The van der Waals surface area contributed by atoms with Crippen molar-refractivity contribution in [1.29, 1.82) is 0 Å². The largest absolute Gasteiger partial charge is 0.356 e. The number of nitrogens with one attached hydrogen (secondary N) is 2. The predicted molar refractivity (Wildman–Crippen MR) is 96.4 cm³/mol. The van der Waals surface area contributed by atoms with Gasteiger partial charge >= 0.3 is 0 Å². The fourth-order valence-corrected chi connectivity index (χ4v) is 4.59. The molecule has 0 aliphatic heterocycles. The number of rotatable bonds is 2. The molecule has 0 bridgehead atoms. The van der Waals surface area contributed by atoms with E-state index in [0.717, 1.165) is 36.6 Å². The first-order valence-electron chi connectivity index (χ1n) is 8.83. The van der Waals surface area contributed by atoms with Gasteiger partial charge in [-0.15, -0.1) is 0 Å². The molecule has 1 unspecified atom stereocenters. The minimum atomic E-state index is 0.152. The minimum absolute atomic E-state index is 0.152. The van der Waals surface area contributed by atoms with Gasteiger partial charge in [-0.1, -0.05) is 35.2 Å². The van der Waals surface area contributed by atoms with Crippen LogP contribution in [0, 0.1) is 5.92 Å². The lowest BCUT2D eigenvalue weighted by atomic mass is 9.87. The smallest absolute Gasteiger partial charge is 0.223 e. The van der Waals surface area contributed by atoms with Crippen molar-refractivity contribution in [3.8, 4) is 0 Å². The highest BCUT2D eigenvalue weighted by atomic mass is 79.9. The summed E-state index contributed by atoms with van der Waals surface area (Å²) in [5, 5.41) is 4.64. The molecule has 2 aliphatic rings. The lowest BCUT2D eigenvalue weighted by Gasteiger charge is -2.27. The molecule has 1 aromatic heterocycles. The Bertz CT molecular complexity index is 730. The van der Waals surface area contributed by atoms with E-state index in [4.69, 9.17) is 0 Å². The summed E-state index contributed by atoms with van der Waals surface area (Å²) in [4.78, 5) is 16.2. The lowest BCUT2D eigenvalue weighted by Crippen LogP contribution is -2.36. The van der Waals surface area contributed by atoms with Crippen molar-refractivity contribution >= 4 is 32.7 Å². The number of H-pyrrole nitrogens is 1. The molecule has 1 fully saturated rings. The SMILES string of the molecule is O=C(NC1CCCc2c1[nH]c1ccc(Br)cc21)C1CCCCC1. The summed E-state index contributed by atoms with van der Waals surface area (Å²) >= 11 is 3.57. The summed E-state index contributed by atoms with van der Waals surface area (Å²) in [5.74, 6) is 0.495. The van der Waals surface area contributed by atoms with E-state index in [1.54, 1.807) is 0 Å². The molecule has 1 saturated carbocycles. The highest BCUT2D eigenvalue weighted by Gasteiger charge is 2.28. The van der Waals surface area contributed by atoms with Gasteiger partial charge < -0.3 is 10.3 Å². The first-order chi connectivity index (χ1) is 11.2. The molecule has 2 aliphatic carbocycles. The van der Waals surface area contributed by atoms with Gasteiger partial charge in [-0.3, -0.25) is 4.79 Å². The van der Waals surface area contributed by atoms with Crippen LogP contribution >= 0.6 is 15.9 Å². The van der Waals surface area contributed by atoms with Gasteiger partial charge in [-0.2, -0.15) is 0 Å². The monoisotopic (exact) mass is 374 g/mol. The highest BCUT2D eigenvalue weighted by Crippen LogP contribution is 2.36. The van der Waals surface area contributed by atoms with Gasteiger partial charge in [0.15, 0.2) is 0 Å². The van der Waals surface area contributed by atoms with E-state index in [1.165, 1.54) is 41.4 Å². The lowest BCUT2D eigenvalue weighted by molar-refractivity contribution is -0.126. The molecule has 4 heteroatoms. The van der Waals surface area contributed by atoms with Crippen LogP contribution in [0.5, 0.6) is 0 Å². The maximum absolute atomic E-state index is 12.6. The van der Waals surface area contributed by atoms with Crippen LogP contribution in [0.1, 0.15) is 62.2 Å². The van der Waals surface area contributed by atoms with Crippen LogP contribution in [0.3, 0.4) is 0 Å². The first kappa shape index (κ1) is 15.3. The minimum Gasteiger partial charge on any atom is -0.356 e. The van der Waals surface area contributed by atoms with Crippen molar-refractivity contribution in [3.05, 3.63) is 33.9 Å². The van der Waals surface area contributed by atoms with E-state index in [2.05, 4.69) is 44.4 Å². The van der Waals surface area contributed by atoms with E-state index in [0.29, 0.717) is 0 Å². The highest BCUT2D eigenvalue weighted by molar-refractivity contribution is 9.10. The van der Waals surface area contributed by atoms with Gasteiger partial charge in [0.1, 0.15) is 0 Å². The van der Waals surface area contributed by atoms with Crippen LogP contribution in [-0.4, -0.2) is 10.9 Å². The van der Waals surface area contributed by atoms with Crippen molar-refractivity contribution in [2.75, 3.05) is 0 Å². The Hall–Kier alpha value is -1.29. The summed E-state index contributed by atoms with van der Waals surface area (Å²) in [6.45, 7) is 0. The van der Waals surface area contributed by atoms with E-state index >= 15 is 0 Å². The van der Waals surface area contributed by atoms with Gasteiger partial charge in [-0.05, 0) is 55.9 Å². The number of aromatic amines is 1. The predicted octanol–water partition coefficient (Wildman–Crippen LogP) is 5.00. The Labute approximate surface area is 145 Å². The Morgan fingerprint density at radius 3 is 2.78 bits per heavy atom. The van der Waals surface area contributed by atoms with Crippen LogP contribution in [0.4, 0.5) is 0 Å². The van der Waals surface area contributed by atoms with E-state index in [9.17, 15) is 4.79 Å². The summed E-state index contributed by atoms with van der Waals surface area (Å²) < 4.78 is 1.11. The van der Waals surface area contributed by atoms with E-state index in [-0.39, 0.29) is 17.9 Å². The van der Waals surface area contributed by atoms with Crippen LogP contribution < -0.4 is 5.32 Å². The number of amides is 1. The molecule has 1 amide bonds. The third kappa shape index (κ3) is 2.93. The zero-order chi connectivity index (χ0) is 15.8. The molecule has 0 radical (unpaired) electrons. The molecule has 3 nitrogen and oxygen atoms in total. The second kappa shape index (κ2) is 6.31. The fraction of sp³-hybridized carbons (Fsp3) is 0.526. The number of carbonyl (C=O) groups is 1. The maximum atomic E-state index is 12.6. The van der Waals surface area contributed by atoms with Crippen molar-refractivity contribution in [1.82, 2.24) is 10.3 Å². The molecule has 0 spiro atoms. The molecule has 122 valence electrons. The van der Waals surface area contributed by atoms with Crippen LogP contribution in [0.25, 0.3) is 10.9 Å². The fourth-order valence-electron chi connectivity index (χ4n) is 4.23. The van der Waals surface area contributed by atoms with Crippen molar-refractivity contribution < 1.29 is 4.79 Å². The average molecular weight is 375 g/mol. The van der Waals surface area contributed by atoms with Gasteiger partial charge in [-0.25, -0.2) is 0 Å². The molecule has 23 heavy (non-hydrogen) atoms. The van der Waals surface area contributed by atoms with Gasteiger partial charge in [0.05, 0.1) is 6.04 Å². The van der Waals surface area contributed by atoms with Crippen LogP contribution in [0.15, 0.2) is 22.7 Å². The maximum Gasteiger partial charge on any atom is 0.223 e. The second-order valence-corrected chi connectivity index (χ2v) is 7.91. The summed E-state index contributed by atoms with van der Waals surface area (Å²) in [6, 6.07) is 6.53. The molecule has 4 rings (SSSR count). The molecule has 2 aromatic rings. The molecular weight excluding hydrogens is 352 g/mol. The van der Waals surface area contributed by atoms with Crippen LogP contribution in [-0.2, 0) is 11.2 Å². The topological polar surface area (TPSA) is 44.9 Å². The zero-order valence-corrected chi connectivity index (χ0v) is 14.9. The Morgan fingerprint density at radius 1 is 1.13 bits per heavy atom.